The quantitative estimate of drug-likeness (QED) is 0.456. The second-order valence-electron chi connectivity index (χ2n) is 0.924. The van der Waals surface area contributed by atoms with Crippen LogP contribution in [0.5, 0.6) is 0 Å². The fourth-order valence-corrected chi connectivity index (χ4v) is 0. The molecule has 0 aromatic heterocycles. The van der Waals surface area contributed by atoms with Gasteiger partial charge in [0.15, 0.2) is 0 Å². The van der Waals surface area contributed by atoms with E-state index in [1.807, 2.05) is 0 Å². The van der Waals surface area contributed by atoms with Crippen LogP contribution in [-0.2, 0) is 0 Å². The summed E-state index contributed by atoms with van der Waals surface area (Å²) in [5.41, 5.74) is 0. The molecule has 0 aliphatic rings. The van der Waals surface area contributed by atoms with E-state index in [-0.39, 0.29) is 0 Å². The average molecular weight is 220 g/mol. The molecule has 0 bridgehead atoms. The van der Waals surface area contributed by atoms with Gasteiger partial charge in [0.05, 0.1) is 0 Å². The summed E-state index contributed by atoms with van der Waals surface area (Å²) < 4.78 is 40.2. The summed E-state index contributed by atoms with van der Waals surface area (Å²) in [4.78, 5) is 0. The second kappa shape index (κ2) is 2.19. The van der Waals surface area contributed by atoms with Gasteiger partial charge in [0.1, 0.15) is 0 Å². The average Bonchev–Trinajstić information content (AvgIpc) is 1.31. The molecule has 0 N–H and O–H groups in total. The van der Waals surface area contributed by atoms with Gasteiger partial charge in [-0.3, -0.25) is 0 Å². The zero-order chi connectivity index (χ0) is 6.08. The van der Waals surface area contributed by atoms with Gasteiger partial charge in [-0.25, -0.2) is 0 Å². The molecule has 0 aliphatic carbocycles. The molecule has 41 valence electrons. The molecule has 0 aromatic carbocycles. The van der Waals surface area contributed by atoms with Crippen molar-refractivity contribution in [3.63, 3.8) is 0 Å². The Hall–Kier alpha value is 0.519. The van der Waals surface area contributed by atoms with Crippen LogP contribution in [0.1, 0.15) is 0 Å². The van der Waals surface area contributed by atoms with Crippen LogP contribution in [0.2, 0.25) is 0 Å². The first-order chi connectivity index (χ1) is 2.94. The first-order valence-corrected chi connectivity index (χ1v) is 2.78. The molecular formula is C2HF4Sn. The Morgan fingerprint density at radius 2 is 1.43 bits per heavy atom. The van der Waals surface area contributed by atoms with Crippen molar-refractivity contribution < 1.29 is 17.6 Å². The first kappa shape index (κ1) is 7.52. The fraction of sp³-hybridized carbons (Fsp3) is 1.00. The number of halogens is 4. The Labute approximate surface area is 51.0 Å². The molecular weight excluding hydrogens is 219 g/mol. The molecule has 3 radical (unpaired) electrons. The van der Waals surface area contributed by atoms with E-state index in [0.29, 0.717) is 0 Å². The maximum absolute atomic E-state index is 11.1. The number of alkyl halides is 4. The molecule has 7 heavy (non-hydrogen) atoms. The predicted molar refractivity (Wildman–Crippen MR) is 16.7 cm³/mol. The van der Waals surface area contributed by atoms with E-state index in [1.165, 1.54) is 0 Å². The molecule has 5 heteroatoms. The van der Waals surface area contributed by atoms with Gasteiger partial charge in [0, 0.05) is 0 Å². The molecule has 0 heterocycles. The molecule has 0 aromatic rings. The topological polar surface area (TPSA) is 0 Å². The monoisotopic (exact) mass is 221 g/mol. The third kappa shape index (κ3) is 3.13. The van der Waals surface area contributed by atoms with E-state index in [2.05, 4.69) is 0 Å². The van der Waals surface area contributed by atoms with E-state index in [9.17, 15) is 17.6 Å². The Morgan fingerprint density at radius 3 is 1.43 bits per heavy atom. The molecule has 0 nitrogen and oxygen atoms in total. The molecule has 0 unspecified atom stereocenters. The zero-order valence-corrected chi connectivity index (χ0v) is 5.94. The van der Waals surface area contributed by atoms with Crippen molar-refractivity contribution in [1.29, 1.82) is 0 Å². The van der Waals surface area contributed by atoms with Crippen LogP contribution in [0.4, 0.5) is 17.6 Å². The van der Waals surface area contributed by atoms with E-state index in [4.69, 9.17) is 0 Å². The van der Waals surface area contributed by atoms with Gasteiger partial charge in [-0.1, -0.05) is 0 Å². The van der Waals surface area contributed by atoms with Gasteiger partial charge < -0.3 is 0 Å². The predicted octanol–water partition coefficient (Wildman–Crippen LogP) is 1.01. The van der Waals surface area contributed by atoms with Gasteiger partial charge in [-0.15, -0.1) is 0 Å². The standard InChI is InChI=1S/C2HF4.Sn/c3-1(4)2(5)6;/h1H;. The number of hydrogen-bond donors (Lipinski definition) is 0. The Balaban J connectivity index is 3.54. The van der Waals surface area contributed by atoms with Crippen LogP contribution in [0, 0.1) is 0 Å². The van der Waals surface area contributed by atoms with Crippen LogP contribution in [0.15, 0.2) is 0 Å². The van der Waals surface area contributed by atoms with Gasteiger partial charge in [0.25, 0.3) is 0 Å². The third-order valence-corrected chi connectivity index (χ3v) is 0.897. The van der Waals surface area contributed by atoms with Gasteiger partial charge >= 0.3 is 50.5 Å². The summed E-state index contributed by atoms with van der Waals surface area (Å²) in [7, 11) is 0. The number of rotatable bonds is 1. The van der Waals surface area contributed by atoms with Crippen LogP contribution in [0.25, 0.3) is 0 Å². The summed E-state index contributed by atoms with van der Waals surface area (Å²) in [5.74, 6) is 0. The summed E-state index contributed by atoms with van der Waals surface area (Å²) >= 11 is -0.437. The van der Waals surface area contributed by atoms with Crippen molar-refractivity contribution in [2.45, 2.75) is 10.4 Å². The van der Waals surface area contributed by atoms with Crippen molar-refractivity contribution in [1.82, 2.24) is 0 Å². The molecule has 0 spiro atoms. The SMILES string of the molecule is FC(F)[C](F)(F)[Sn]. The van der Waals surface area contributed by atoms with Gasteiger partial charge in [-0.05, 0) is 0 Å². The zero-order valence-electron chi connectivity index (χ0n) is 3.09. The minimum absolute atomic E-state index is 0.437. The van der Waals surface area contributed by atoms with Gasteiger partial charge in [0.2, 0.25) is 0 Å². The van der Waals surface area contributed by atoms with Crippen LogP contribution >= 0.6 is 0 Å². The third-order valence-electron chi connectivity index (χ3n) is 0.274. The fourth-order valence-electron chi connectivity index (χ4n) is 0. The van der Waals surface area contributed by atoms with Crippen LogP contribution in [0.3, 0.4) is 0 Å². The Bertz CT molecular complexity index is 55.2. The summed E-state index contributed by atoms with van der Waals surface area (Å²) in [6, 6.07) is 0. The van der Waals surface area contributed by atoms with Crippen molar-refractivity contribution in [2.75, 3.05) is 0 Å². The molecule has 0 amide bonds. The molecule has 0 atom stereocenters. The van der Waals surface area contributed by atoms with Crippen molar-refractivity contribution >= 4 is 22.5 Å². The van der Waals surface area contributed by atoms with E-state index >= 15 is 0 Å². The van der Waals surface area contributed by atoms with E-state index in [0.717, 1.165) is 0 Å². The molecule has 0 rings (SSSR count). The van der Waals surface area contributed by atoms with Crippen molar-refractivity contribution in [2.24, 2.45) is 0 Å². The van der Waals surface area contributed by atoms with E-state index < -0.39 is 32.9 Å². The maximum atomic E-state index is 11.1. The summed E-state index contributed by atoms with van der Waals surface area (Å²) in [6.45, 7) is 0. The molecule has 0 saturated heterocycles. The number of hydrogen-bond acceptors (Lipinski definition) is 0. The molecule has 0 fully saturated rings. The van der Waals surface area contributed by atoms with Crippen LogP contribution in [-0.4, -0.2) is 32.9 Å². The summed E-state index contributed by atoms with van der Waals surface area (Å²) in [6.07, 6.45) is -3.49. The minimum atomic E-state index is -3.74. The normalized spacial score (nSPS) is 12.9. The Kier molecular flexibility index (Phi) is 2.35. The van der Waals surface area contributed by atoms with Crippen molar-refractivity contribution in [3.05, 3.63) is 0 Å². The molecule has 0 aliphatic heterocycles. The van der Waals surface area contributed by atoms with Crippen molar-refractivity contribution in [3.8, 4) is 0 Å². The molecule has 0 saturated carbocycles. The van der Waals surface area contributed by atoms with Gasteiger partial charge in [-0.2, -0.15) is 0 Å². The summed E-state index contributed by atoms with van der Waals surface area (Å²) in [5, 5.41) is 0. The van der Waals surface area contributed by atoms with E-state index in [1.54, 1.807) is 0 Å². The van der Waals surface area contributed by atoms with Crippen LogP contribution < -0.4 is 0 Å². The first-order valence-electron chi connectivity index (χ1n) is 1.35. The second-order valence-corrected chi connectivity index (χ2v) is 2.83. The Morgan fingerprint density at radius 1 is 1.29 bits per heavy atom.